The van der Waals surface area contributed by atoms with Gasteiger partial charge in [0.05, 0.1) is 24.9 Å². The number of alkyl halides is 3. The predicted octanol–water partition coefficient (Wildman–Crippen LogP) is 2.11. The van der Waals surface area contributed by atoms with Crippen LogP contribution in [0.2, 0.25) is 0 Å². The number of halogens is 3. The Labute approximate surface area is 177 Å². The minimum Gasteiger partial charge on any atom is -0.475 e. The third-order valence-electron chi connectivity index (χ3n) is 5.62. The molecule has 3 fully saturated rings. The van der Waals surface area contributed by atoms with E-state index in [4.69, 9.17) is 19.5 Å². The number of aromatic nitrogens is 1. The van der Waals surface area contributed by atoms with Gasteiger partial charge in [-0.25, -0.2) is 9.86 Å². The highest BCUT2D eigenvalue weighted by molar-refractivity contribution is 5.78. The summed E-state index contributed by atoms with van der Waals surface area (Å²) in [5.74, 6) is -2.32. The highest BCUT2D eigenvalue weighted by atomic mass is 19.4. The number of pyridine rings is 1. The zero-order valence-corrected chi connectivity index (χ0v) is 17.0. The van der Waals surface area contributed by atoms with Gasteiger partial charge in [-0.3, -0.25) is 19.5 Å². The van der Waals surface area contributed by atoms with Crippen LogP contribution < -0.4 is 0 Å². The van der Waals surface area contributed by atoms with Gasteiger partial charge in [-0.2, -0.15) is 13.2 Å². The van der Waals surface area contributed by atoms with Gasteiger partial charge in [0.25, 0.3) is 0 Å². The first-order valence-electron chi connectivity index (χ1n) is 10.2. The quantitative estimate of drug-likeness (QED) is 0.762. The molecule has 0 aromatic carbocycles. The average Bonchev–Trinajstić information content (AvgIpc) is 3.28. The second kappa shape index (κ2) is 10.4. The molecule has 1 N–H and O–H groups in total. The smallest absolute Gasteiger partial charge is 0.475 e. The van der Waals surface area contributed by atoms with E-state index in [-0.39, 0.29) is 23.8 Å². The van der Waals surface area contributed by atoms with Gasteiger partial charge in [0, 0.05) is 44.3 Å². The van der Waals surface area contributed by atoms with Crippen LogP contribution in [-0.4, -0.2) is 77.1 Å². The Kier molecular flexibility index (Phi) is 7.84. The van der Waals surface area contributed by atoms with Gasteiger partial charge in [-0.15, -0.1) is 0 Å². The molecule has 31 heavy (non-hydrogen) atoms. The summed E-state index contributed by atoms with van der Waals surface area (Å²) in [7, 11) is 0. The summed E-state index contributed by atoms with van der Waals surface area (Å²) in [4.78, 5) is 34.1. The zero-order valence-electron chi connectivity index (χ0n) is 17.0. The minimum atomic E-state index is -5.08. The fourth-order valence-corrected chi connectivity index (χ4v) is 4.16. The van der Waals surface area contributed by atoms with E-state index in [0.717, 1.165) is 51.1 Å². The lowest BCUT2D eigenvalue weighted by molar-refractivity contribution is -0.192. The van der Waals surface area contributed by atoms with Crippen molar-refractivity contribution in [3.05, 3.63) is 30.1 Å². The van der Waals surface area contributed by atoms with Crippen molar-refractivity contribution in [3.8, 4) is 0 Å². The molecule has 0 spiro atoms. The van der Waals surface area contributed by atoms with E-state index in [1.54, 1.807) is 5.06 Å². The molecule has 172 valence electrons. The third kappa shape index (κ3) is 6.37. The van der Waals surface area contributed by atoms with Crippen LogP contribution in [0.4, 0.5) is 13.2 Å². The topological polar surface area (TPSA) is 92.2 Å². The maximum Gasteiger partial charge on any atom is 0.490 e. The van der Waals surface area contributed by atoms with E-state index < -0.39 is 12.1 Å². The van der Waals surface area contributed by atoms with E-state index in [1.807, 2.05) is 18.3 Å². The fraction of sp³-hybridized carbons (Fsp3) is 0.650. The van der Waals surface area contributed by atoms with Crippen LogP contribution in [0.1, 0.15) is 25.0 Å². The molecule has 0 saturated carbocycles. The number of nitrogens with zero attached hydrogens (tertiary/aromatic N) is 3. The van der Waals surface area contributed by atoms with Crippen molar-refractivity contribution in [2.45, 2.75) is 38.1 Å². The van der Waals surface area contributed by atoms with Crippen molar-refractivity contribution in [1.82, 2.24) is 14.9 Å². The second-order valence-corrected chi connectivity index (χ2v) is 7.74. The van der Waals surface area contributed by atoms with Gasteiger partial charge in [0.15, 0.2) is 0 Å². The summed E-state index contributed by atoms with van der Waals surface area (Å²) < 4.78 is 37.7. The number of hydroxylamine groups is 2. The van der Waals surface area contributed by atoms with Gasteiger partial charge in [0.1, 0.15) is 0 Å². The SMILES string of the molecule is O=C(O)C(F)(F)F.O=C([C@@H]1CCO[C@@H]2CCN(Cc3ccccn3)C[C@H]21)N1CCCO1. The van der Waals surface area contributed by atoms with Crippen LogP contribution in [0.5, 0.6) is 0 Å². The number of carboxylic acid groups (broad SMARTS) is 1. The van der Waals surface area contributed by atoms with E-state index in [1.165, 1.54) is 0 Å². The lowest BCUT2D eigenvalue weighted by Crippen LogP contribution is -2.53. The molecule has 11 heteroatoms. The van der Waals surface area contributed by atoms with Gasteiger partial charge in [0.2, 0.25) is 5.91 Å². The number of fused-ring (bicyclic) bond motifs is 1. The summed E-state index contributed by atoms with van der Waals surface area (Å²) in [5.41, 5.74) is 1.08. The van der Waals surface area contributed by atoms with E-state index >= 15 is 0 Å². The monoisotopic (exact) mass is 445 g/mol. The van der Waals surface area contributed by atoms with E-state index in [9.17, 15) is 18.0 Å². The van der Waals surface area contributed by atoms with E-state index in [0.29, 0.717) is 13.2 Å². The Hall–Kier alpha value is -2.24. The average molecular weight is 445 g/mol. The van der Waals surface area contributed by atoms with Gasteiger partial charge in [-0.05, 0) is 31.4 Å². The lowest BCUT2D eigenvalue weighted by Gasteiger charge is -2.45. The number of carbonyl (C=O) groups excluding carboxylic acids is 1. The number of piperidine rings is 1. The van der Waals surface area contributed by atoms with Crippen LogP contribution in [0.15, 0.2) is 24.4 Å². The Morgan fingerprint density at radius 2 is 1.97 bits per heavy atom. The molecule has 1 aromatic heterocycles. The molecule has 4 heterocycles. The van der Waals surface area contributed by atoms with Crippen molar-refractivity contribution >= 4 is 11.9 Å². The Bertz CT molecular complexity index is 743. The zero-order chi connectivity index (χ0) is 22.4. The Morgan fingerprint density at radius 1 is 1.19 bits per heavy atom. The summed E-state index contributed by atoms with van der Waals surface area (Å²) in [5, 5.41) is 8.71. The standard InChI is InChI=1S/C18H25N3O3.C2HF3O2/c22-18(21-8-3-10-24-21)15-6-11-23-17-5-9-20(13-16(15)17)12-14-4-1-2-7-19-14;3-2(4,5)1(6)7/h1-2,4,7,15-17H,3,5-6,8-13H2;(H,6,7)/t15-,16+,17-;/m1./s1. The fourth-order valence-electron chi connectivity index (χ4n) is 4.16. The first-order valence-corrected chi connectivity index (χ1v) is 10.2. The molecule has 0 unspecified atom stereocenters. The molecule has 3 aliphatic heterocycles. The first-order chi connectivity index (χ1) is 14.8. The first kappa shape index (κ1) is 23.4. The second-order valence-electron chi connectivity index (χ2n) is 7.74. The normalized spacial score (nSPS) is 26.5. The Morgan fingerprint density at radius 3 is 2.58 bits per heavy atom. The number of amides is 1. The number of aliphatic carboxylic acids is 1. The molecule has 1 aromatic rings. The summed E-state index contributed by atoms with van der Waals surface area (Å²) in [6.07, 6.45) is -0.313. The maximum absolute atomic E-state index is 12.8. The molecule has 3 atom stereocenters. The van der Waals surface area contributed by atoms with Crippen LogP contribution in [-0.2, 0) is 25.7 Å². The highest BCUT2D eigenvalue weighted by Gasteiger charge is 2.43. The summed E-state index contributed by atoms with van der Waals surface area (Å²) in [6.45, 7) is 4.81. The minimum absolute atomic E-state index is 0.0217. The number of carbonyl (C=O) groups is 2. The Balaban J connectivity index is 0.000000339. The molecule has 8 nitrogen and oxygen atoms in total. The summed E-state index contributed by atoms with van der Waals surface area (Å²) in [6, 6.07) is 6.02. The van der Waals surface area contributed by atoms with Gasteiger partial charge in [-0.1, -0.05) is 6.07 Å². The molecule has 0 bridgehead atoms. The number of ether oxygens (including phenoxy) is 1. The molecule has 0 aliphatic carbocycles. The van der Waals surface area contributed by atoms with E-state index in [2.05, 4.69) is 16.0 Å². The molecule has 0 radical (unpaired) electrons. The number of carboxylic acids is 1. The van der Waals surface area contributed by atoms with Gasteiger partial charge >= 0.3 is 12.1 Å². The van der Waals surface area contributed by atoms with Crippen LogP contribution >= 0.6 is 0 Å². The molecular weight excluding hydrogens is 419 g/mol. The van der Waals surface area contributed by atoms with Crippen LogP contribution in [0.25, 0.3) is 0 Å². The van der Waals surface area contributed by atoms with Crippen molar-refractivity contribution in [3.63, 3.8) is 0 Å². The number of hydrogen-bond acceptors (Lipinski definition) is 6. The number of likely N-dealkylation sites (tertiary alicyclic amines) is 1. The highest BCUT2D eigenvalue weighted by Crippen LogP contribution is 2.35. The summed E-state index contributed by atoms with van der Waals surface area (Å²) >= 11 is 0. The molecule has 4 rings (SSSR count). The van der Waals surface area contributed by atoms with Crippen molar-refractivity contribution in [1.29, 1.82) is 0 Å². The number of rotatable bonds is 3. The molecule has 3 aliphatic rings. The van der Waals surface area contributed by atoms with Crippen LogP contribution in [0.3, 0.4) is 0 Å². The lowest BCUT2D eigenvalue weighted by atomic mass is 9.79. The molecular formula is C20H26F3N3O5. The van der Waals surface area contributed by atoms with Crippen molar-refractivity contribution in [2.24, 2.45) is 11.8 Å². The maximum atomic E-state index is 12.8. The van der Waals surface area contributed by atoms with Crippen molar-refractivity contribution < 1.29 is 37.4 Å². The van der Waals surface area contributed by atoms with Crippen LogP contribution in [0, 0.1) is 11.8 Å². The molecule has 1 amide bonds. The number of hydrogen-bond donors (Lipinski definition) is 1. The van der Waals surface area contributed by atoms with Gasteiger partial charge < -0.3 is 9.84 Å². The van der Waals surface area contributed by atoms with Crippen molar-refractivity contribution in [2.75, 3.05) is 32.8 Å². The third-order valence-corrected chi connectivity index (χ3v) is 5.62. The largest absolute Gasteiger partial charge is 0.490 e. The predicted molar refractivity (Wildman–Crippen MR) is 101 cm³/mol. The molecule has 3 saturated heterocycles.